The van der Waals surface area contributed by atoms with Crippen LogP contribution in [0, 0.1) is 6.92 Å². The quantitative estimate of drug-likeness (QED) is 0.702. The number of hydrogen-bond acceptors (Lipinski definition) is 5. The molecule has 0 amide bonds. The van der Waals surface area contributed by atoms with E-state index in [0.29, 0.717) is 24.9 Å². The highest BCUT2D eigenvalue weighted by Crippen LogP contribution is 1.97. The van der Waals surface area contributed by atoms with Crippen LogP contribution in [0.4, 0.5) is 5.95 Å². The molecule has 0 saturated heterocycles. The first-order valence-electron chi connectivity index (χ1n) is 3.77. The zero-order valence-corrected chi connectivity index (χ0v) is 7.24. The van der Waals surface area contributed by atoms with Crippen molar-refractivity contribution in [3.63, 3.8) is 0 Å². The number of aromatic nitrogens is 3. The van der Waals surface area contributed by atoms with Crippen LogP contribution in [0.3, 0.4) is 0 Å². The highest BCUT2D eigenvalue weighted by molar-refractivity contribution is 5.14. The Kier molecular flexibility index (Phi) is 2.93. The summed E-state index contributed by atoms with van der Waals surface area (Å²) in [4.78, 5) is 11.8. The number of hydrogen-bond donors (Lipinski definition) is 1. The van der Waals surface area contributed by atoms with E-state index in [0.717, 1.165) is 0 Å². The van der Waals surface area contributed by atoms with Crippen molar-refractivity contribution >= 4 is 5.95 Å². The van der Waals surface area contributed by atoms with E-state index in [-0.39, 0.29) is 5.95 Å². The van der Waals surface area contributed by atoms with E-state index in [2.05, 4.69) is 15.0 Å². The largest absolute Gasteiger partial charge is 0.374 e. The van der Waals surface area contributed by atoms with Crippen LogP contribution in [0.5, 0.6) is 0 Å². The molecular formula is C7H12N4O. The molecule has 0 saturated carbocycles. The molecule has 12 heavy (non-hydrogen) atoms. The second-order valence-electron chi connectivity index (χ2n) is 2.29. The van der Waals surface area contributed by atoms with Crippen molar-refractivity contribution in [1.29, 1.82) is 0 Å². The third-order valence-electron chi connectivity index (χ3n) is 1.25. The Morgan fingerprint density at radius 3 is 2.67 bits per heavy atom. The minimum atomic E-state index is 0.247. The van der Waals surface area contributed by atoms with Gasteiger partial charge in [-0.3, -0.25) is 0 Å². The molecule has 0 unspecified atom stereocenters. The standard InChI is InChI=1S/C7H12N4O/c1-3-12-4-6-9-5(2)10-7(8)11-6/h3-4H2,1-2H3,(H2,8,9,10,11). The van der Waals surface area contributed by atoms with Crippen LogP contribution in [0.15, 0.2) is 0 Å². The van der Waals surface area contributed by atoms with Crippen molar-refractivity contribution in [1.82, 2.24) is 15.0 Å². The van der Waals surface area contributed by atoms with Crippen molar-refractivity contribution in [2.45, 2.75) is 20.5 Å². The lowest BCUT2D eigenvalue weighted by Crippen LogP contribution is -2.06. The zero-order chi connectivity index (χ0) is 8.97. The van der Waals surface area contributed by atoms with Crippen molar-refractivity contribution in [2.75, 3.05) is 12.3 Å². The molecule has 0 spiro atoms. The second-order valence-corrected chi connectivity index (χ2v) is 2.29. The fourth-order valence-electron chi connectivity index (χ4n) is 0.818. The molecule has 1 rings (SSSR count). The number of nitrogen functional groups attached to an aromatic ring is 1. The molecule has 0 aliphatic rings. The van der Waals surface area contributed by atoms with Crippen LogP contribution in [0.2, 0.25) is 0 Å². The Morgan fingerprint density at radius 1 is 1.33 bits per heavy atom. The maximum Gasteiger partial charge on any atom is 0.223 e. The summed E-state index contributed by atoms with van der Waals surface area (Å²) < 4.78 is 5.12. The molecule has 0 aromatic carbocycles. The fourth-order valence-corrected chi connectivity index (χ4v) is 0.818. The molecule has 0 aliphatic carbocycles. The predicted molar refractivity (Wildman–Crippen MR) is 44.3 cm³/mol. The number of nitrogens with zero attached hydrogens (tertiary/aromatic N) is 3. The molecule has 2 N–H and O–H groups in total. The van der Waals surface area contributed by atoms with Gasteiger partial charge in [0, 0.05) is 6.61 Å². The van der Waals surface area contributed by atoms with E-state index in [9.17, 15) is 0 Å². The molecule has 1 aromatic heterocycles. The van der Waals surface area contributed by atoms with Crippen LogP contribution in [0.1, 0.15) is 18.6 Å². The first-order chi connectivity index (χ1) is 5.72. The van der Waals surface area contributed by atoms with Gasteiger partial charge in [0.15, 0.2) is 5.82 Å². The Balaban J connectivity index is 2.72. The van der Waals surface area contributed by atoms with E-state index in [1.54, 1.807) is 6.92 Å². The van der Waals surface area contributed by atoms with Gasteiger partial charge in [-0.2, -0.15) is 9.97 Å². The van der Waals surface area contributed by atoms with Gasteiger partial charge in [-0.1, -0.05) is 0 Å². The lowest BCUT2D eigenvalue weighted by molar-refractivity contribution is 0.128. The smallest absolute Gasteiger partial charge is 0.223 e. The number of aryl methyl sites for hydroxylation is 1. The molecule has 0 radical (unpaired) electrons. The summed E-state index contributed by atoms with van der Waals surface area (Å²) in [5.41, 5.74) is 5.41. The van der Waals surface area contributed by atoms with Crippen LogP contribution in [0.25, 0.3) is 0 Å². The number of ether oxygens (including phenoxy) is 1. The minimum absolute atomic E-state index is 0.247. The van der Waals surface area contributed by atoms with E-state index in [1.807, 2.05) is 6.92 Å². The molecule has 1 aromatic rings. The molecule has 0 bridgehead atoms. The highest BCUT2D eigenvalue weighted by Gasteiger charge is 1.99. The third-order valence-corrected chi connectivity index (χ3v) is 1.25. The van der Waals surface area contributed by atoms with Crippen LogP contribution >= 0.6 is 0 Å². The Hall–Kier alpha value is -1.23. The van der Waals surface area contributed by atoms with Crippen LogP contribution in [-0.2, 0) is 11.3 Å². The summed E-state index contributed by atoms with van der Waals surface area (Å²) in [5.74, 6) is 1.45. The Morgan fingerprint density at radius 2 is 2.08 bits per heavy atom. The number of anilines is 1. The van der Waals surface area contributed by atoms with Gasteiger partial charge in [-0.25, -0.2) is 4.98 Å². The van der Waals surface area contributed by atoms with Gasteiger partial charge in [0.05, 0.1) is 0 Å². The molecule has 66 valence electrons. The lowest BCUT2D eigenvalue weighted by Gasteiger charge is -2.01. The number of nitrogens with two attached hydrogens (primary N) is 1. The van der Waals surface area contributed by atoms with E-state index < -0.39 is 0 Å². The van der Waals surface area contributed by atoms with Gasteiger partial charge >= 0.3 is 0 Å². The molecule has 0 fully saturated rings. The topological polar surface area (TPSA) is 73.9 Å². The third kappa shape index (κ3) is 2.43. The normalized spacial score (nSPS) is 10.2. The molecule has 5 nitrogen and oxygen atoms in total. The van der Waals surface area contributed by atoms with E-state index >= 15 is 0 Å². The van der Waals surface area contributed by atoms with Gasteiger partial charge in [-0.05, 0) is 13.8 Å². The number of rotatable bonds is 3. The summed E-state index contributed by atoms with van der Waals surface area (Å²) in [7, 11) is 0. The van der Waals surface area contributed by atoms with Gasteiger partial charge in [-0.15, -0.1) is 0 Å². The molecule has 0 aliphatic heterocycles. The summed E-state index contributed by atoms with van der Waals surface area (Å²) in [6.45, 7) is 4.72. The molecule has 0 atom stereocenters. The minimum Gasteiger partial charge on any atom is -0.374 e. The second kappa shape index (κ2) is 3.96. The monoisotopic (exact) mass is 168 g/mol. The van der Waals surface area contributed by atoms with E-state index in [4.69, 9.17) is 10.5 Å². The Labute approximate surface area is 71.0 Å². The summed E-state index contributed by atoms with van der Waals surface area (Å²) >= 11 is 0. The van der Waals surface area contributed by atoms with Gasteiger partial charge in [0.25, 0.3) is 0 Å². The van der Waals surface area contributed by atoms with Crippen molar-refractivity contribution < 1.29 is 4.74 Å². The summed E-state index contributed by atoms with van der Waals surface area (Å²) in [6, 6.07) is 0. The van der Waals surface area contributed by atoms with Gasteiger partial charge < -0.3 is 10.5 Å². The first kappa shape index (κ1) is 8.86. The van der Waals surface area contributed by atoms with Crippen LogP contribution < -0.4 is 5.73 Å². The summed E-state index contributed by atoms with van der Waals surface area (Å²) in [5, 5.41) is 0. The van der Waals surface area contributed by atoms with Crippen molar-refractivity contribution in [3.8, 4) is 0 Å². The maximum absolute atomic E-state index is 5.41. The lowest BCUT2D eigenvalue weighted by atomic mass is 10.6. The van der Waals surface area contributed by atoms with E-state index in [1.165, 1.54) is 0 Å². The first-order valence-corrected chi connectivity index (χ1v) is 3.77. The predicted octanol–water partition coefficient (Wildman–Crippen LogP) is 0.299. The average Bonchev–Trinajstić information content (AvgIpc) is 1.99. The molecule has 1 heterocycles. The van der Waals surface area contributed by atoms with Crippen molar-refractivity contribution in [2.24, 2.45) is 0 Å². The van der Waals surface area contributed by atoms with Crippen LogP contribution in [-0.4, -0.2) is 21.6 Å². The van der Waals surface area contributed by atoms with Gasteiger partial charge in [0.1, 0.15) is 12.4 Å². The summed E-state index contributed by atoms with van der Waals surface area (Å²) in [6.07, 6.45) is 0. The van der Waals surface area contributed by atoms with Gasteiger partial charge in [0.2, 0.25) is 5.95 Å². The molecular weight excluding hydrogens is 156 g/mol. The average molecular weight is 168 g/mol. The SMILES string of the molecule is CCOCc1nc(C)nc(N)n1. The Bertz CT molecular complexity index is 243. The fraction of sp³-hybridized carbons (Fsp3) is 0.571. The van der Waals surface area contributed by atoms with Crippen molar-refractivity contribution in [3.05, 3.63) is 11.6 Å². The highest BCUT2D eigenvalue weighted by atomic mass is 16.5. The maximum atomic E-state index is 5.41. The zero-order valence-electron chi connectivity index (χ0n) is 7.24. The molecule has 5 heteroatoms.